The summed E-state index contributed by atoms with van der Waals surface area (Å²) in [5.41, 5.74) is 9.51. The van der Waals surface area contributed by atoms with Gasteiger partial charge in [0.1, 0.15) is 5.84 Å². The van der Waals surface area contributed by atoms with Gasteiger partial charge in [0.05, 0.1) is 10.6 Å². The average molecular weight is 385 g/mol. The third-order valence-electron chi connectivity index (χ3n) is 5.37. The minimum Gasteiger partial charge on any atom is -0.465 e. The third kappa shape index (κ3) is 3.78. The number of amides is 1. The van der Waals surface area contributed by atoms with E-state index in [0.717, 1.165) is 42.8 Å². The number of carboxylic acid groups (broad SMARTS) is 1. The van der Waals surface area contributed by atoms with Gasteiger partial charge in [-0.05, 0) is 60.9 Å². The van der Waals surface area contributed by atoms with Gasteiger partial charge in [0.25, 0.3) is 0 Å². The quantitative estimate of drug-likeness (QED) is 0.625. The number of aryl methyl sites for hydroxylation is 1. The number of aliphatic imine (C=N–C) groups is 1. The fraction of sp³-hybridized carbons (Fsp3) is 0.400. The lowest BCUT2D eigenvalue weighted by atomic mass is 10.1. The number of benzene rings is 1. The highest BCUT2D eigenvalue weighted by Gasteiger charge is 2.31. The number of carbonyl (C=O) groups is 1. The highest BCUT2D eigenvalue weighted by molar-refractivity contribution is 7.12. The van der Waals surface area contributed by atoms with Crippen molar-refractivity contribution in [3.05, 3.63) is 46.2 Å². The van der Waals surface area contributed by atoms with Gasteiger partial charge >= 0.3 is 6.09 Å². The molecule has 1 amide bonds. The van der Waals surface area contributed by atoms with Crippen LogP contribution in [0.5, 0.6) is 0 Å². The lowest BCUT2D eigenvalue weighted by molar-refractivity contribution is 0.155. The number of likely N-dealkylation sites (tertiary alicyclic amines) is 1. The number of hydrogen-bond donors (Lipinski definition) is 2. The number of anilines is 1. The summed E-state index contributed by atoms with van der Waals surface area (Å²) in [6.07, 6.45) is 3.34. The lowest BCUT2D eigenvalue weighted by Gasteiger charge is -2.31. The number of nitrogens with zero attached hydrogens (tertiary/aromatic N) is 3. The summed E-state index contributed by atoms with van der Waals surface area (Å²) in [4.78, 5) is 20.8. The maximum absolute atomic E-state index is 11.3. The molecule has 1 aromatic carbocycles. The second-order valence-electron chi connectivity index (χ2n) is 7.11. The summed E-state index contributed by atoms with van der Waals surface area (Å²) in [6.45, 7) is 2.18. The molecule has 0 radical (unpaired) electrons. The molecule has 4 rings (SSSR count). The van der Waals surface area contributed by atoms with Gasteiger partial charge in [0.15, 0.2) is 0 Å². The molecule has 27 heavy (non-hydrogen) atoms. The second-order valence-corrected chi connectivity index (χ2v) is 8.06. The van der Waals surface area contributed by atoms with E-state index in [-0.39, 0.29) is 6.04 Å². The van der Waals surface area contributed by atoms with Crippen LogP contribution in [0.15, 0.2) is 40.7 Å². The third-order valence-corrected chi connectivity index (χ3v) is 6.26. The van der Waals surface area contributed by atoms with Crippen molar-refractivity contribution in [2.45, 2.75) is 31.7 Å². The van der Waals surface area contributed by atoms with Crippen molar-refractivity contribution in [2.75, 3.05) is 24.5 Å². The maximum atomic E-state index is 11.3. The zero-order valence-electron chi connectivity index (χ0n) is 15.2. The second kappa shape index (κ2) is 7.60. The van der Waals surface area contributed by atoms with E-state index in [9.17, 15) is 9.90 Å². The molecule has 2 aliphatic heterocycles. The Morgan fingerprint density at radius 3 is 2.89 bits per heavy atom. The fourth-order valence-corrected chi connectivity index (χ4v) is 4.63. The highest BCUT2D eigenvalue weighted by atomic mass is 32.1. The van der Waals surface area contributed by atoms with Crippen molar-refractivity contribution in [1.29, 1.82) is 0 Å². The summed E-state index contributed by atoms with van der Waals surface area (Å²) in [5, 5.41) is 11.3. The molecule has 0 spiro atoms. The molecule has 1 atom stereocenters. The molecule has 1 aromatic heterocycles. The molecule has 0 aliphatic carbocycles. The molecular formula is C20H24N4O2S. The van der Waals surface area contributed by atoms with E-state index >= 15 is 0 Å². The van der Waals surface area contributed by atoms with Gasteiger partial charge in [-0.2, -0.15) is 0 Å². The van der Waals surface area contributed by atoms with Crippen LogP contribution in [0.4, 0.5) is 16.2 Å². The van der Waals surface area contributed by atoms with E-state index in [1.165, 1.54) is 16.2 Å². The molecule has 3 N–H and O–H groups in total. The Kier molecular flexibility index (Phi) is 5.03. The van der Waals surface area contributed by atoms with Crippen LogP contribution >= 0.6 is 11.3 Å². The van der Waals surface area contributed by atoms with Gasteiger partial charge in [-0.15, -0.1) is 11.3 Å². The first-order valence-electron chi connectivity index (χ1n) is 9.37. The molecule has 0 bridgehead atoms. The smallest absolute Gasteiger partial charge is 0.407 e. The molecule has 7 heteroatoms. The molecule has 2 aliphatic rings. The monoisotopic (exact) mass is 384 g/mol. The molecule has 2 aromatic rings. The first-order valence-corrected chi connectivity index (χ1v) is 10.3. The van der Waals surface area contributed by atoms with Gasteiger partial charge in [0.2, 0.25) is 0 Å². The summed E-state index contributed by atoms with van der Waals surface area (Å²) >= 11 is 1.59. The van der Waals surface area contributed by atoms with E-state index in [1.807, 2.05) is 23.6 Å². The van der Waals surface area contributed by atoms with Crippen molar-refractivity contribution in [3.63, 3.8) is 0 Å². The number of amidine groups is 1. The van der Waals surface area contributed by atoms with Crippen LogP contribution in [-0.2, 0) is 6.42 Å². The Balaban J connectivity index is 1.59. The molecule has 3 heterocycles. The number of nitrogens with two attached hydrogens (primary N) is 1. The Labute approximate surface area is 162 Å². The summed E-state index contributed by atoms with van der Waals surface area (Å²) in [5.74, 6) is 0.545. The predicted molar refractivity (Wildman–Crippen MR) is 109 cm³/mol. The number of rotatable bonds is 3. The van der Waals surface area contributed by atoms with Crippen LogP contribution in [-0.4, -0.2) is 47.6 Å². The Morgan fingerprint density at radius 1 is 1.26 bits per heavy atom. The lowest BCUT2D eigenvalue weighted by Crippen LogP contribution is -2.39. The van der Waals surface area contributed by atoms with Gasteiger partial charge in [-0.1, -0.05) is 6.07 Å². The van der Waals surface area contributed by atoms with Gasteiger partial charge in [-0.25, -0.2) is 9.79 Å². The van der Waals surface area contributed by atoms with Crippen molar-refractivity contribution in [2.24, 2.45) is 10.7 Å². The summed E-state index contributed by atoms with van der Waals surface area (Å²) in [6, 6.07) is 10.5. The molecule has 6 nitrogen and oxygen atoms in total. The SMILES string of the molecule is NC(=Nc1ccc2c(c1)CCCCN2C1CCN(C(=O)O)C1)c1cccs1. The average Bonchev–Trinajstić information content (AvgIpc) is 3.31. The predicted octanol–water partition coefficient (Wildman–Crippen LogP) is 3.68. The summed E-state index contributed by atoms with van der Waals surface area (Å²) in [7, 11) is 0. The maximum Gasteiger partial charge on any atom is 0.407 e. The van der Waals surface area contributed by atoms with Crippen molar-refractivity contribution in [1.82, 2.24) is 4.90 Å². The molecule has 0 saturated carbocycles. The van der Waals surface area contributed by atoms with Crippen LogP contribution < -0.4 is 10.6 Å². The minimum atomic E-state index is -0.818. The fourth-order valence-electron chi connectivity index (χ4n) is 4.01. The first-order chi connectivity index (χ1) is 13.1. The molecule has 142 valence electrons. The largest absolute Gasteiger partial charge is 0.465 e. The number of thiophene rings is 1. The van der Waals surface area contributed by atoms with Gasteiger partial charge in [0, 0.05) is 31.4 Å². The molecule has 1 fully saturated rings. The minimum absolute atomic E-state index is 0.253. The highest BCUT2D eigenvalue weighted by Crippen LogP contribution is 2.33. The van der Waals surface area contributed by atoms with Crippen LogP contribution in [0.2, 0.25) is 0 Å². The van der Waals surface area contributed by atoms with E-state index < -0.39 is 6.09 Å². The van der Waals surface area contributed by atoms with Crippen molar-refractivity contribution >= 4 is 34.6 Å². The van der Waals surface area contributed by atoms with E-state index in [4.69, 9.17) is 5.73 Å². The zero-order chi connectivity index (χ0) is 18.8. The van der Waals surface area contributed by atoms with Crippen molar-refractivity contribution < 1.29 is 9.90 Å². The molecular weight excluding hydrogens is 360 g/mol. The Hall–Kier alpha value is -2.54. The van der Waals surface area contributed by atoms with Gasteiger partial charge in [-0.3, -0.25) is 0 Å². The Bertz CT molecular complexity index is 850. The van der Waals surface area contributed by atoms with Crippen LogP contribution in [0.3, 0.4) is 0 Å². The van der Waals surface area contributed by atoms with Crippen LogP contribution in [0.25, 0.3) is 0 Å². The van der Waals surface area contributed by atoms with E-state index in [2.05, 4.69) is 22.0 Å². The normalized spacial score (nSPS) is 20.4. The standard InChI is InChI=1S/C20H24N4O2S/c21-19(18-5-3-11-27-18)22-15-6-7-17-14(12-15)4-1-2-9-24(17)16-8-10-23(13-16)20(25)26/h3,5-7,11-12,16H,1-2,4,8-10,13H2,(H2,21,22)(H,25,26). The van der Waals surface area contributed by atoms with Crippen LogP contribution in [0, 0.1) is 0 Å². The van der Waals surface area contributed by atoms with Gasteiger partial charge < -0.3 is 20.6 Å². The van der Waals surface area contributed by atoms with Crippen LogP contribution in [0.1, 0.15) is 29.7 Å². The van der Waals surface area contributed by atoms with E-state index in [0.29, 0.717) is 18.9 Å². The zero-order valence-corrected chi connectivity index (χ0v) is 16.0. The topological polar surface area (TPSA) is 82.2 Å². The van der Waals surface area contributed by atoms with E-state index in [1.54, 1.807) is 11.3 Å². The molecule has 1 saturated heterocycles. The van der Waals surface area contributed by atoms with Crippen molar-refractivity contribution in [3.8, 4) is 0 Å². The summed E-state index contributed by atoms with van der Waals surface area (Å²) < 4.78 is 0. The Morgan fingerprint density at radius 2 is 2.15 bits per heavy atom. The molecule has 1 unspecified atom stereocenters. The number of hydrogen-bond acceptors (Lipinski definition) is 4. The number of fused-ring (bicyclic) bond motifs is 1. The first kappa shape index (κ1) is 17.9.